The zero-order chi connectivity index (χ0) is 19.6. The molecule has 28 heavy (non-hydrogen) atoms. The summed E-state index contributed by atoms with van der Waals surface area (Å²) in [5, 5.41) is 3.09. The smallest absolute Gasteiger partial charge is 0.133 e. The van der Waals surface area contributed by atoms with Crippen molar-refractivity contribution in [3.63, 3.8) is 0 Å². The highest BCUT2D eigenvalue weighted by molar-refractivity contribution is 5.95. The second-order valence-corrected chi connectivity index (χ2v) is 6.94. The topological polar surface area (TPSA) is 46.1 Å². The van der Waals surface area contributed by atoms with Crippen LogP contribution < -0.4 is 5.32 Å². The Morgan fingerprint density at radius 1 is 1.36 bits per heavy atom. The Morgan fingerprint density at radius 3 is 2.93 bits per heavy atom. The molecule has 0 bridgehead atoms. The minimum atomic E-state index is -0.188. The summed E-state index contributed by atoms with van der Waals surface area (Å²) in [5.41, 5.74) is 4.14. The second kappa shape index (κ2) is 10.8. The first-order chi connectivity index (χ1) is 13.8. The van der Waals surface area contributed by atoms with Crippen LogP contribution in [0, 0.1) is 0 Å². The van der Waals surface area contributed by atoms with E-state index in [1.165, 1.54) is 0 Å². The van der Waals surface area contributed by atoms with Crippen molar-refractivity contribution >= 4 is 5.84 Å². The average Bonchev–Trinajstić information content (AvgIpc) is 3.40. The molecule has 0 saturated carbocycles. The van der Waals surface area contributed by atoms with Gasteiger partial charge in [0.2, 0.25) is 0 Å². The van der Waals surface area contributed by atoms with E-state index < -0.39 is 0 Å². The largest absolute Gasteiger partial charge is 0.374 e. The molecule has 2 heterocycles. The third kappa shape index (κ3) is 6.04. The van der Waals surface area contributed by atoms with E-state index in [-0.39, 0.29) is 12.2 Å². The number of benzene rings is 1. The normalized spacial score (nSPS) is 22.8. The zero-order valence-electron chi connectivity index (χ0n) is 16.5. The lowest BCUT2D eigenvalue weighted by atomic mass is 10.1. The summed E-state index contributed by atoms with van der Waals surface area (Å²) in [5.74, 6) is 0.909. The molecule has 2 unspecified atom stereocenters. The maximum Gasteiger partial charge on any atom is 0.133 e. The number of hydrogen-bond acceptors (Lipinski definition) is 4. The molecular weight excluding hydrogens is 350 g/mol. The van der Waals surface area contributed by atoms with Gasteiger partial charge in [-0.05, 0) is 12.0 Å². The highest BCUT2D eigenvalue weighted by Gasteiger charge is 2.22. The van der Waals surface area contributed by atoms with Gasteiger partial charge in [-0.2, -0.15) is 0 Å². The van der Waals surface area contributed by atoms with Gasteiger partial charge >= 0.3 is 0 Å². The van der Waals surface area contributed by atoms with Gasteiger partial charge in [-0.15, -0.1) is 6.58 Å². The van der Waals surface area contributed by atoms with Gasteiger partial charge in [0.15, 0.2) is 0 Å². The van der Waals surface area contributed by atoms with E-state index in [0.717, 1.165) is 37.5 Å². The van der Waals surface area contributed by atoms with Crippen molar-refractivity contribution in [1.29, 1.82) is 0 Å². The van der Waals surface area contributed by atoms with Crippen LogP contribution in [-0.2, 0) is 16.1 Å². The Morgan fingerprint density at radius 2 is 2.21 bits per heavy atom. The second-order valence-electron chi connectivity index (χ2n) is 6.94. The number of hydrogen-bond donors (Lipinski definition) is 1. The molecule has 1 aromatic rings. The number of nitrogens with zero attached hydrogens (tertiary/aromatic N) is 2. The molecule has 2 aliphatic heterocycles. The Hall–Kier alpha value is -2.43. The summed E-state index contributed by atoms with van der Waals surface area (Å²) in [6.07, 6.45) is 10.4. The van der Waals surface area contributed by atoms with Gasteiger partial charge in [0.05, 0.1) is 12.6 Å². The molecule has 0 amide bonds. The number of methoxy groups -OCH3 is 1. The quantitative estimate of drug-likeness (QED) is 0.501. The van der Waals surface area contributed by atoms with E-state index >= 15 is 0 Å². The summed E-state index contributed by atoms with van der Waals surface area (Å²) in [7, 11) is 1.70. The maximum absolute atomic E-state index is 6.00. The van der Waals surface area contributed by atoms with Crippen LogP contribution in [0.15, 0.2) is 78.1 Å². The van der Waals surface area contributed by atoms with Crippen LogP contribution in [0.1, 0.15) is 12.0 Å². The van der Waals surface area contributed by atoms with E-state index in [4.69, 9.17) is 14.5 Å². The van der Waals surface area contributed by atoms with Crippen molar-refractivity contribution in [2.45, 2.75) is 31.3 Å². The Labute approximate surface area is 167 Å². The molecule has 5 heteroatoms. The van der Waals surface area contributed by atoms with Gasteiger partial charge < -0.3 is 14.8 Å². The van der Waals surface area contributed by atoms with Gasteiger partial charge in [-0.25, -0.2) is 0 Å². The van der Waals surface area contributed by atoms with E-state index in [2.05, 4.69) is 46.8 Å². The molecule has 5 nitrogen and oxygen atoms in total. The molecule has 0 radical (unpaired) electrons. The molecule has 0 spiro atoms. The fourth-order valence-electron chi connectivity index (χ4n) is 3.36. The molecule has 1 aromatic carbocycles. The molecular formula is C23H29N3O2. The molecule has 3 rings (SSSR count). The highest BCUT2D eigenvalue weighted by atomic mass is 16.5. The van der Waals surface area contributed by atoms with Crippen LogP contribution in [0.4, 0.5) is 0 Å². The van der Waals surface area contributed by atoms with Crippen molar-refractivity contribution < 1.29 is 9.47 Å². The van der Waals surface area contributed by atoms with Crippen LogP contribution in [0.3, 0.4) is 0 Å². The van der Waals surface area contributed by atoms with E-state index in [1.807, 2.05) is 24.3 Å². The van der Waals surface area contributed by atoms with Gasteiger partial charge in [0, 0.05) is 39.0 Å². The van der Waals surface area contributed by atoms with Gasteiger partial charge in [-0.3, -0.25) is 9.89 Å². The minimum Gasteiger partial charge on any atom is -0.374 e. The third-order valence-corrected chi connectivity index (χ3v) is 4.90. The lowest BCUT2D eigenvalue weighted by Crippen LogP contribution is -2.28. The fourth-order valence-corrected chi connectivity index (χ4v) is 3.36. The number of likely N-dealkylation sites (tertiary alicyclic amines) is 1. The van der Waals surface area contributed by atoms with Crippen molar-refractivity contribution in [1.82, 2.24) is 10.2 Å². The first-order valence-electron chi connectivity index (χ1n) is 9.73. The number of rotatable bonds is 10. The lowest BCUT2D eigenvalue weighted by Gasteiger charge is -2.21. The molecule has 2 aliphatic rings. The fraction of sp³-hybridized carbons (Fsp3) is 0.391. The average molecular weight is 380 g/mol. The molecule has 1 N–H and O–H groups in total. The van der Waals surface area contributed by atoms with Crippen molar-refractivity contribution in [3.05, 3.63) is 78.7 Å². The third-order valence-electron chi connectivity index (χ3n) is 4.90. The predicted molar refractivity (Wildman–Crippen MR) is 113 cm³/mol. The van der Waals surface area contributed by atoms with Crippen LogP contribution >= 0.6 is 0 Å². The van der Waals surface area contributed by atoms with Crippen LogP contribution in [0.2, 0.25) is 0 Å². The molecule has 1 saturated heterocycles. The van der Waals surface area contributed by atoms with Crippen LogP contribution in [0.5, 0.6) is 0 Å². The Bertz CT molecular complexity index is 750. The van der Waals surface area contributed by atoms with Crippen molar-refractivity contribution in [2.24, 2.45) is 4.99 Å². The summed E-state index contributed by atoms with van der Waals surface area (Å²) >= 11 is 0. The standard InChI is InChI=1S/C23H29N3O2/c1-3-21(28-18-19-9-5-4-6-10-19)22(27-2)11-8-15-26-16-13-20(17-26)25-23-12-7-14-24-23/h3-6,8-12,14,20-22H,1,13,15-18H2,2H3,(H,24,25)/b11-8+/t20-,21?,22?/m0/s1. The molecule has 3 atom stereocenters. The van der Waals surface area contributed by atoms with Gasteiger partial charge in [0.1, 0.15) is 18.0 Å². The summed E-state index contributed by atoms with van der Waals surface area (Å²) in [6, 6.07) is 10.5. The number of amidine groups is 1. The minimum absolute atomic E-state index is 0.154. The highest BCUT2D eigenvalue weighted by Crippen LogP contribution is 2.14. The van der Waals surface area contributed by atoms with Gasteiger partial charge in [0.25, 0.3) is 0 Å². The predicted octanol–water partition coefficient (Wildman–Crippen LogP) is 3.07. The van der Waals surface area contributed by atoms with E-state index in [0.29, 0.717) is 12.6 Å². The first kappa shape index (κ1) is 20.3. The number of ether oxygens (including phenoxy) is 2. The van der Waals surface area contributed by atoms with Crippen LogP contribution in [0.25, 0.3) is 0 Å². The van der Waals surface area contributed by atoms with Crippen molar-refractivity contribution in [3.8, 4) is 0 Å². The Balaban J connectivity index is 1.45. The molecule has 0 aromatic heterocycles. The monoisotopic (exact) mass is 379 g/mol. The first-order valence-corrected chi connectivity index (χ1v) is 9.73. The lowest BCUT2D eigenvalue weighted by molar-refractivity contribution is -0.0175. The SMILES string of the molecule is C=CC(OCc1ccccc1)C(/C=C/CN1CC[C@H](N=C2C=C=CN2)C1)OC. The van der Waals surface area contributed by atoms with Gasteiger partial charge in [-0.1, -0.05) is 54.3 Å². The summed E-state index contributed by atoms with van der Waals surface area (Å²) in [4.78, 5) is 7.11. The molecule has 0 aliphatic carbocycles. The summed E-state index contributed by atoms with van der Waals surface area (Å²) in [6.45, 7) is 7.34. The number of aliphatic imine (C=N–C) groups is 1. The summed E-state index contributed by atoms with van der Waals surface area (Å²) < 4.78 is 11.6. The van der Waals surface area contributed by atoms with Crippen molar-refractivity contribution in [2.75, 3.05) is 26.7 Å². The Kier molecular flexibility index (Phi) is 7.82. The zero-order valence-corrected chi connectivity index (χ0v) is 16.5. The number of nitrogens with one attached hydrogen (secondary N) is 1. The van der Waals surface area contributed by atoms with E-state index in [9.17, 15) is 0 Å². The molecule has 148 valence electrons. The van der Waals surface area contributed by atoms with E-state index in [1.54, 1.807) is 19.4 Å². The molecule has 1 fully saturated rings. The van der Waals surface area contributed by atoms with Crippen LogP contribution in [-0.4, -0.2) is 55.7 Å². The maximum atomic E-state index is 6.00.